The Balaban J connectivity index is 1.74. The molecule has 1 amide bonds. The fourth-order valence-electron chi connectivity index (χ4n) is 5.35. The quantitative estimate of drug-likeness (QED) is 0.404. The van der Waals surface area contributed by atoms with Crippen LogP contribution in [0.1, 0.15) is 42.4 Å². The standard InChI is InChI=1S/C29H37NO6/c1-5-35-29-23(14-9-15-31)25(17-26(36-29)28(32)30(2)18-27(33-3)34-4)22-13-8-12-21-20-11-7-6-10-19(20)16-24(21)22/h6-8,10-13,17,23,25,27,29,31H,5,9,14-16,18H2,1-4H3/t23-,25-,29-/m1/s1. The van der Waals surface area contributed by atoms with Crippen LogP contribution in [0.25, 0.3) is 11.1 Å². The van der Waals surface area contributed by atoms with Gasteiger partial charge in [0.2, 0.25) is 6.29 Å². The van der Waals surface area contributed by atoms with Gasteiger partial charge in [-0.05, 0) is 60.1 Å². The maximum Gasteiger partial charge on any atom is 0.288 e. The number of aliphatic hydroxyl groups excluding tert-OH is 1. The molecule has 0 aromatic heterocycles. The van der Waals surface area contributed by atoms with Crippen LogP contribution in [0, 0.1) is 5.92 Å². The van der Waals surface area contributed by atoms with E-state index in [1.165, 1.54) is 27.8 Å². The molecule has 0 saturated carbocycles. The van der Waals surface area contributed by atoms with E-state index in [0.717, 1.165) is 6.42 Å². The highest BCUT2D eigenvalue weighted by molar-refractivity contribution is 5.91. The predicted octanol–water partition coefficient (Wildman–Crippen LogP) is 4.08. The number of rotatable bonds is 11. The third kappa shape index (κ3) is 5.34. The molecule has 7 nitrogen and oxygen atoms in total. The summed E-state index contributed by atoms with van der Waals surface area (Å²) >= 11 is 0. The van der Waals surface area contributed by atoms with Crippen molar-refractivity contribution in [3.63, 3.8) is 0 Å². The molecular formula is C29H37NO6. The number of methoxy groups -OCH3 is 2. The van der Waals surface area contributed by atoms with Gasteiger partial charge >= 0.3 is 0 Å². The van der Waals surface area contributed by atoms with Crippen LogP contribution in [0.5, 0.6) is 0 Å². The zero-order valence-electron chi connectivity index (χ0n) is 21.6. The maximum absolute atomic E-state index is 13.5. The molecule has 2 aromatic carbocycles. The Labute approximate surface area is 213 Å². The van der Waals surface area contributed by atoms with Crippen molar-refractivity contribution in [1.29, 1.82) is 0 Å². The van der Waals surface area contributed by atoms with E-state index in [0.29, 0.717) is 19.4 Å². The second kappa shape index (κ2) is 12.0. The van der Waals surface area contributed by atoms with Gasteiger partial charge in [-0.25, -0.2) is 0 Å². The fourth-order valence-corrected chi connectivity index (χ4v) is 5.35. The van der Waals surface area contributed by atoms with Crippen LogP contribution in [0.15, 0.2) is 54.3 Å². The fraction of sp³-hybridized carbons (Fsp3) is 0.483. The van der Waals surface area contributed by atoms with Crippen LogP contribution in [-0.2, 0) is 30.2 Å². The number of fused-ring (bicyclic) bond motifs is 3. The largest absolute Gasteiger partial charge is 0.459 e. The number of nitrogens with zero attached hydrogens (tertiary/aromatic N) is 1. The summed E-state index contributed by atoms with van der Waals surface area (Å²) in [6, 6.07) is 14.9. The highest BCUT2D eigenvalue weighted by Gasteiger charge is 2.40. The Kier molecular flexibility index (Phi) is 8.80. The van der Waals surface area contributed by atoms with Gasteiger partial charge in [-0.1, -0.05) is 42.5 Å². The predicted molar refractivity (Wildman–Crippen MR) is 137 cm³/mol. The summed E-state index contributed by atoms with van der Waals surface area (Å²) in [5.74, 6) is -0.125. The summed E-state index contributed by atoms with van der Waals surface area (Å²) in [5.41, 5.74) is 6.28. The Hall–Kier alpha value is -2.71. The molecule has 0 spiro atoms. The van der Waals surface area contributed by atoms with Gasteiger partial charge in [-0.2, -0.15) is 0 Å². The van der Waals surface area contributed by atoms with E-state index in [4.69, 9.17) is 18.9 Å². The molecule has 2 aliphatic rings. The first-order chi connectivity index (χ1) is 17.5. The van der Waals surface area contributed by atoms with Crippen LogP contribution in [-0.4, -0.2) is 69.5 Å². The van der Waals surface area contributed by atoms with Crippen molar-refractivity contribution < 1.29 is 28.8 Å². The monoisotopic (exact) mass is 495 g/mol. The first-order valence-corrected chi connectivity index (χ1v) is 12.6. The third-order valence-corrected chi connectivity index (χ3v) is 7.16. The number of likely N-dealkylation sites (N-methyl/N-ethyl adjacent to an activating group) is 1. The normalized spacial score (nSPS) is 20.5. The molecule has 36 heavy (non-hydrogen) atoms. The second-order valence-corrected chi connectivity index (χ2v) is 9.32. The van der Waals surface area contributed by atoms with Gasteiger partial charge in [-0.15, -0.1) is 0 Å². The van der Waals surface area contributed by atoms with E-state index >= 15 is 0 Å². The number of carbonyl (C=O) groups excluding carboxylic acids is 1. The van der Waals surface area contributed by atoms with E-state index in [9.17, 15) is 9.90 Å². The number of carbonyl (C=O) groups is 1. The minimum Gasteiger partial charge on any atom is -0.459 e. The Morgan fingerprint density at radius 1 is 1.14 bits per heavy atom. The average molecular weight is 496 g/mol. The molecule has 1 heterocycles. The highest BCUT2D eigenvalue weighted by Crippen LogP contribution is 2.46. The first-order valence-electron chi connectivity index (χ1n) is 12.6. The number of hydrogen-bond donors (Lipinski definition) is 1. The Bertz CT molecular complexity index is 1080. The average Bonchev–Trinajstić information content (AvgIpc) is 3.29. The van der Waals surface area contributed by atoms with E-state index in [1.807, 2.05) is 13.0 Å². The minimum absolute atomic E-state index is 0.0418. The minimum atomic E-state index is -0.593. The van der Waals surface area contributed by atoms with Gasteiger partial charge in [-0.3, -0.25) is 4.79 Å². The van der Waals surface area contributed by atoms with Gasteiger partial charge < -0.3 is 29.0 Å². The van der Waals surface area contributed by atoms with Gasteiger partial charge in [0.15, 0.2) is 12.0 Å². The summed E-state index contributed by atoms with van der Waals surface area (Å²) in [6.07, 6.45) is 3.02. The van der Waals surface area contributed by atoms with Gasteiger partial charge in [0.05, 0.1) is 6.54 Å². The van der Waals surface area contributed by atoms with Crippen molar-refractivity contribution in [3.8, 4) is 11.1 Å². The lowest BCUT2D eigenvalue weighted by atomic mass is 9.78. The molecule has 7 heteroatoms. The molecule has 1 aliphatic carbocycles. The summed E-state index contributed by atoms with van der Waals surface area (Å²) < 4.78 is 22.8. The van der Waals surface area contributed by atoms with Crippen molar-refractivity contribution in [2.45, 2.75) is 44.7 Å². The van der Waals surface area contributed by atoms with Crippen molar-refractivity contribution >= 4 is 5.91 Å². The third-order valence-electron chi connectivity index (χ3n) is 7.16. The Morgan fingerprint density at radius 2 is 1.89 bits per heavy atom. The van der Waals surface area contributed by atoms with E-state index in [2.05, 4.69) is 42.5 Å². The zero-order chi connectivity index (χ0) is 25.7. The maximum atomic E-state index is 13.5. The summed E-state index contributed by atoms with van der Waals surface area (Å²) in [6.45, 7) is 2.73. The number of ether oxygens (including phenoxy) is 4. The topological polar surface area (TPSA) is 77.5 Å². The number of allylic oxidation sites excluding steroid dienone is 1. The highest BCUT2D eigenvalue weighted by atomic mass is 16.7. The van der Waals surface area contributed by atoms with Crippen molar-refractivity contribution in [2.24, 2.45) is 5.92 Å². The molecular weight excluding hydrogens is 458 g/mol. The van der Waals surface area contributed by atoms with E-state index in [-0.39, 0.29) is 36.7 Å². The second-order valence-electron chi connectivity index (χ2n) is 9.32. The molecule has 1 N–H and O–H groups in total. The number of aliphatic hydroxyl groups is 1. The van der Waals surface area contributed by atoms with Crippen LogP contribution in [0.3, 0.4) is 0 Å². The summed E-state index contributed by atoms with van der Waals surface area (Å²) in [4.78, 5) is 15.0. The first kappa shape index (κ1) is 26.4. The number of hydrogen-bond acceptors (Lipinski definition) is 6. The SMILES string of the molecule is CCO[C@@H]1OC(C(=O)N(C)CC(OC)OC)=C[C@H](c2cccc3c2Cc2ccccc2-3)[C@H]1CCCO. The van der Waals surface area contributed by atoms with E-state index < -0.39 is 12.6 Å². The lowest BCUT2D eigenvalue weighted by Gasteiger charge is -2.38. The molecule has 0 unspecified atom stereocenters. The van der Waals surface area contributed by atoms with E-state index in [1.54, 1.807) is 26.2 Å². The molecule has 194 valence electrons. The number of amides is 1. The summed E-state index contributed by atoms with van der Waals surface area (Å²) in [7, 11) is 4.80. The van der Waals surface area contributed by atoms with Crippen LogP contribution >= 0.6 is 0 Å². The smallest absolute Gasteiger partial charge is 0.288 e. The molecule has 0 bridgehead atoms. The van der Waals surface area contributed by atoms with Crippen molar-refractivity contribution in [2.75, 3.05) is 41.0 Å². The van der Waals surface area contributed by atoms with Crippen molar-refractivity contribution in [3.05, 3.63) is 71.0 Å². The van der Waals surface area contributed by atoms with Gasteiger partial charge in [0.25, 0.3) is 5.91 Å². The Morgan fingerprint density at radius 3 is 2.61 bits per heavy atom. The molecule has 4 rings (SSSR count). The molecule has 0 saturated heterocycles. The van der Waals surface area contributed by atoms with Gasteiger partial charge in [0, 0.05) is 46.3 Å². The van der Waals surface area contributed by atoms with Crippen LogP contribution in [0.4, 0.5) is 0 Å². The van der Waals surface area contributed by atoms with Crippen LogP contribution < -0.4 is 0 Å². The molecule has 3 atom stereocenters. The lowest BCUT2D eigenvalue weighted by molar-refractivity contribution is -0.172. The lowest BCUT2D eigenvalue weighted by Crippen LogP contribution is -2.42. The zero-order valence-corrected chi connectivity index (χ0v) is 21.6. The molecule has 1 aliphatic heterocycles. The molecule has 0 radical (unpaired) electrons. The van der Waals surface area contributed by atoms with Gasteiger partial charge in [0.1, 0.15) is 0 Å². The number of benzene rings is 2. The molecule has 0 fully saturated rings. The van der Waals surface area contributed by atoms with Crippen molar-refractivity contribution in [1.82, 2.24) is 4.90 Å². The molecule has 2 aromatic rings. The summed E-state index contributed by atoms with van der Waals surface area (Å²) in [5, 5.41) is 9.61. The van der Waals surface area contributed by atoms with Crippen LogP contribution in [0.2, 0.25) is 0 Å².